The molecular weight excluding hydrogens is 451 g/mol. The summed E-state index contributed by atoms with van der Waals surface area (Å²) in [5.41, 5.74) is 0. The first-order valence-electron chi connectivity index (χ1n) is 8.12. The second-order valence-corrected chi connectivity index (χ2v) is 7.25. The summed E-state index contributed by atoms with van der Waals surface area (Å²) in [6.45, 7) is 4.17. The molecule has 138 valence electrons. The number of rotatable bonds is 5. The summed E-state index contributed by atoms with van der Waals surface area (Å²) in [4.78, 5) is 11.5. The van der Waals surface area contributed by atoms with Crippen LogP contribution in [-0.2, 0) is 30.9 Å². The standard InChI is InChI=1S/C16H24N6OS.HI/c1-11-4-6-13(24-11)8-18-16(17-2)19-12-5-7-15-20-14(10-23-3)21-22(15)9-12;/h4,6,12H,5,7-10H2,1-3H3,(H2,17,18,19);1H. The Balaban J connectivity index is 0.00000225. The van der Waals surface area contributed by atoms with Crippen molar-refractivity contribution in [3.8, 4) is 0 Å². The van der Waals surface area contributed by atoms with E-state index in [2.05, 4.69) is 44.8 Å². The number of thiophene rings is 1. The zero-order chi connectivity index (χ0) is 16.9. The monoisotopic (exact) mass is 476 g/mol. The minimum absolute atomic E-state index is 0. The third kappa shape index (κ3) is 5.38. The van der Waals surface area contributed by atoms with Gasteiger partial charge in [-0.2, -0.15) is 5.10 Å². The summed E-state index contributed by atoms with van der Waals surface area (Å²) in [6, 6.07) is 4.59. The molecule has 7 nitrogen and oxygen atoms in total. The molecule has 1 aliphatic rings. The highest BCUT2D eigenvalue weighted by Crippen LogP contribution is 2.15. The summed E-state index contributed by atoms with van der Waals surface area (Å²) in [5, 5.41) is 11.4. The maximum Gasteiger partial charge on any atom is 0.191 e. The minimum Gasteiger partial charge on any atom is -0.377 e. The van der Waals surface area contributed by atoms with Gasteiger partial charge in [0.05, 0.1) is 13.1 Å². The summed E-state index contributed by atoms with van der Waals surface area (Å²) in [7, 11) is 3.46. The van der Waals surface area contributed by atoms with Crippen LogP contribution in [0, 0.1) is 6.92 Å². The highest BCUT2D eigenvalue weighted by atomic mass is 127. The maximum absolute atomic E-state index is 5.11. The first-order valence-corrected chi connectivity index (χ1v) is 8.93. The number of aliphatic imine (C=N–C) groups is 1. The lowest BCUT2D eigenvalue weighted by Crippen LogP contribution is -2.46. The zero-order valence-corrected chi connectivity index (χ0v) is 17.9. The Morgan fingerprint density at radius 3 is 3.00 bits per heavy atom. The van der Waals surface area contributed by atoms with E-state index in [0.717, 1.165) is 43.5 Å². The SMILES string of the molecule is CN=C(NCc1ccc(C)s1)NC1CCc2nc(COC)nn2C1.I. The van der Waals surface area contributed by atoms with Gasteiger partial charge in [0, 0.05) is 36.4 Å². The lowest BCUT2D eigenvalue weighted by Gasteiger charge is -2.25. The number of nitrogens with one attached hydrogen (secondary N) is 2. The van der Waals surface area contributed by atoms with E-state index in [1.54, 1.807) is 25.5 Å². The molecule has 0 saturated heterocycles. The van der Waals surface area contributed by atoms with Gasteiger partial charge in [0.1, 0.15) is 12.4 Å². The molecule has 0 fully saturated rings. The molecule has 1 aliphatic heterocycles. The van der Waals surface area contributed by atoms with Crippen molar-refractivity contribution in [2.75, 3.05) is 14.2 Å². The van der Waals surface area contributed by atoms with E-state index in [4.69, 9.17) is 4.74 Å². The van der Waals surface area contributed by atoms with Crippen molar-refractivity contribution in [1.29, 1.82) is 0 Å². The Morgan fingerprint density at radius 1 is 1.48 bits per heavy atom. The highest BCUT2D eigenvalue weighted by molar-refractivity contribution is 14.0. The van der Waals surface area contributed by atoms with Gasteiger partial charge in [0.2, 0.25) is 0 Å². The van der Waals surface area contributed by atoms with E-state index in [1.165, 1.54) is 9.75 Å². The normalized spacial score (nSPS) is 16.9. The number of guanidine groups is 1. The van der Waals surface area contributed by atoms with Crippen LogP contribution in [-0.4, -0.2) is 40.9 Å². The van der Waals surface area contributed by atoms with Gasteiger partial charge < -0.3 is 15.4 Å². The predicted octanol–water partition coefficient (Wildman–Crippen LogP) is 2.09. The number of methoxy groups -OCH3 is 1. The molecule has 0 aliphatic carbocycles. The van der Waals surface area contributed by atoms with E-state index in [0.29, 0.717) is 12.6 Å². The topological polar surface area (TPSA) is 76.4 Å². The molecule has 1 atom stereocenters. The average Bonchev–Trinajstić information content (AvgIpc) is 3.16. The predicted molar refractivity (Wildman–Crippen MR) is 111 cm³/mol. The van der Waals surface area contributed by atoms with E-state index in [1.807, 2.05) is 4.68 Å². The van der Waals surface area contributed by atoms with Crippen molar-refractivity contribution < 1.29 is 4.74 Å². The van der Waals surface area contributed by atoms with Crippen molar-refractivity contribution in [3.63, 3.8) is 0 Å². The summed E-state index contributed by atoms with van der Waals surface area (Å²) >= 11 is 1.80. The van der Waals surface area contributed by atoms with Crippen LogP contribution in [0.2, 0.25) is 0 Å². The lowest BCUT2D eigenvalue weighted by atomic mass is 10.1. The van der Waals surface area contributed by atoms with Gasteiger partial charge in [-0.3, -0.25) is 4.99 Å². The summed E-state index contributed by atoms with van der Waals surface area (Å²) in [5.74, 6) is 2.62. The molecule has 1 unspecified atom stereocenters. The molecule has 25 heavy (non-hydrogen) atoms. The molecule has 2 aromatic rings. The van der Waals surface area contributed by atoms with E-state index in [-0.39, 0.29) is 24.0 Å². The zero-order valence-electron chi connectivity index (χ0n) is 14.8. The van der Waals surface area contributed by atoms with Gasteiger partial charge in [-0.15, -0.1) is 35.3 Å². The third-order valence-corrected chi connectivity index (χ3v) is 4.97. The fraction of sp³-hybridized carbons (Fsp3) is 0.562. The lowest BCUT2D eigenvalue weighted by molar-refractivity contribution is 0.177. The minimum atomic E-state index is 0. The molecule has 0 saturated carbocycles. The van der Waals surface area contributed by atoms with Gasteiger partial charge in [0.25, 0.3) is 0 Å². The van der Waals surface area contributed by atoms with Crippen molar-refractivity contribution in [2.45, 2.75) is 45.5 Å². The second kappa shape index (κ2) is 9.48. The quantitative estimate of drug-likeness (QED) is 0.393. The molecule has 2 aromatic heterocycles. The van der Waals surface area contributed by atoms with Gasteiger partial charge in [0.15, 0.2) is 11.8 Å². The Kier molecular flexibility index (Phi) is 7.63. The Hall–Kier alpha value is -1.20. The van der Waals surface area contributed by atoms with Crippen LogP contribution >= 0.6 is 35.3 Å². The fourth-order valence-electron chi connectivity index (χ4n) is 2.81. The third-order valence-electron chi connectivity index (χ3n) is 3.97. The van der Waals surface area contributed by atoms with Crippen molar-refractivity contribution in [1.82, 2.24) is 25.4 Å². The molecule has 0 bridgehead atoms. The number of fused-ring (bicyclic) bond motifs is 1. The number of nitrogens with zero attached hydrogens (tertiary/aromatic N) is 4. The fourth-order valence-corrected chi connectivity index (χ4v) is 3.64. The first kappa shape index (κ1) is 20.1. The van der Waals surface area contributed by atoms with Crippen LogP contribution in [0.1, 0.15) is 27.8 Å². The molecule has 3 heterocycles. The van der Waals surface area contributed by atoms with E-state index in [9.17, 15) is 0 Å². The molecule has 0 amide bonds. The van der Waals surface area contributed by atoms with Crippen LogP contribution in [0.5, 0.6) is 0 Å². The van der Waals surface area contributed by atoms with Gasteiger partial charge in [-0.25, -0.2) is 9.67 Å². The Bertz CT molecular complexity index is 713. The van der Waals surface area contributed by atoms with Crippen molar-refractivity contribution in [3.05, 3.63) is 33.5 Å². The molecule has 3 rings (SSSR count). The van der Waals surface area contributed by atoms with Crippen LogP contribution in [0.15, 0.2) is 17.1 Å². The van der Waals surface area contributed by atoms with E-state index < -0.39 is 0 Å². The van der Waals surface area contributed by atoms with Gasteiger partial charge in [-0.1, -0.05) is 0 Å². The van der Waals surface area contributed by atoms with Crippen molar-refractivity contribution >= 4 is 41.3 Å². The van der Waals surface area contributed by atoms with Crippen LogP contribution in [0.4, 0.5) is 0 Å². The molecule has 0 spiro atoms. The summed E-state index contributed by atoms with van der Waals surface area (Å²) in [6.07, 6.45) is 1.93. The molecule has 0 radical (unpaired) electrons. The van der Waals surface area contributed by atoms with Crippen LogP contribution in [0.25, 0.3) is 0 Å². The number of hydrogen-bond donors (Lipinski definition) is 2. The summed E-state index contributed by atoms with van der Waals surface area (Å²) < 4.78 is 7.09. The van der Waals surface area contributed by atoms with Gasteiger partial charge >= 0.3 is 0 Å². The van der Waals surface area contributed by atoms with Crippen LogP contribution in [0.3, 0.4) is 0 Å². The number of hydrogen-bond acceptors (Lipinski definition) is 5. The second-order valence-electron chi connectivity index (χ2n) is 5.88. The molecular formula is C16H25IN6OS. The number of aromatic nitrogens is 3. The Labute approximate surface area is 169 Å². The largest absolute Gasteiger partial charge is 0.377 e. The first-order chi connectivity index (χ1) is 11.7. The highest BCUT2D eigenvalue weighted by Gasteiger charge is 2.22. The number of halogens is 1. The van der Waals surface area contributed by atoms with Gasteiger partial charge in [-0.05, 0) is 25.5 Å². The Morgan fingerprint density at radius 2 is 2.32 bits per heavy atom. The maximum atomic E-state index is 5.11. The number of aryl methyl sites for hydroxylation is 2. The number of ether oxygens (including phenoxy) is 1. The average molecular weight is 476 g/mol. The van der Waals surface area contributed by atoms with Crippen molar-refractivity contribution in [2.24, 2.45) is 4.99 Å². The van der Waals surface area contributed by atoms with E-state index >= 15 is 0 Å². The molecule has 9 heteroatoms. The molecule has 0 aromatic carbocycles. The smallest absolute Gasteiger partial charge is 0.191 e. The molecule has 2 N–H and O–H groups in total. The van der Waals surface area contributed by atoms with Crippen LogP contribution < -0.4 is 10.6 Å².